The van der Waals surface area contributed by atoms with Gasteiger partial charge in [-0.2, -0.15) is 5.10 Å². The van der Waals surface area contributed by atoms with Crippen LogP contribution < -0.4 is 11.0 Å². The number of aryl methyl sites for hydroxylation is 1. The van der Waals surface area contributed by atoms with Crippen LogP contribution in [-0.2, 0) is 6.54 Å². The summed E-state index contributed by atoms with van der Waals surface area (Å²) in [6, 6.07) is 12.8. The maximum absolute atomic E-state index is 13.1. The number of hydrazone groups is 1. The third kappa shape index (κ3) is 5.43. The average molecular weight is 450 g/mol. The van der Waals surface area contributed by atoms with Gasteiger partial charge in [-0.1, -0.05) is 56.9 Å². The van der Waals surface area contributed by atoms with Gasteiger partial charge in [-0.25, -0.2) is 5.43 Å². The van der Waals surface area contributed by atoms with E-state index in [2.05, 4.69) is 17.5 Å². The number of unbranched alkanes of at least 4 members (excludes halogenated alkanes) is 4. The molecule has 0 aliphatic carbocycles. The number of nitrogens with zero attached hydrogens (tertiary/aromatic N) is 3. The maximum atomic E-state index is 13.1. The molecule has 3 aromatic rings. The van der Waals surface area contributed by atoms with Crippen molar-refractivity contribution in [3.05, 3.63) is 80.1 Å². The predicted molar refractivity (Wildman–Crippen MR) is 127 cm³/mol. The molecule has 0 saturated heterocycles. The number of amides is 1. The average Bonchev–Trinajstić information content (AvgIpc) is 2.81. The molecule has 172 valence electrons. The first-order valence-electron chi connectivity index (χ1n) is 10.9. The van der Waals surface area contributed by atoms with Crippen molar-refractivity contribution in [3.63, 3.8) is 0 Å². The highest BCUT2D eigenvalue weighted by Crippen LogP contribution is 2.26. The van der Waals surface area contributed by atoms with Crippen LogP contribution >= 0.6 is 0 Å². The Morgan fingerprint density at radius 3 is 2.58 bits per heavy atom. The van der Waals surface area contributed by atoms with E-state index in [1.807, 2.05) is 0 Å². The fourth-order valence-electron chi connectivity index (χ4n) is 3.67. The smallest absolute Gasteiger partial charge is 0.280 e. The lowest BCUT2D eigenvalue weighted by atomic mass is 10.1. The van der Waals surface area contributed by atoms with Gasteiger partial charge in [0.1, 0.15) is 11.3 Å². The van der Waals surface area contributed by atoms with E-state index < -0.39 is 27.7 Å². The molecule has 0 radical (unpaired) electrons. The van der Waals surface area contributed by atoms with E-state index in [-0.39, 0.29) is 11.3 Å². The van der Waals surface area contributed by atoms with Crippen LogP contribution in [0.5, 0.6) is 5.75 Å². The quantitative estimate of drug-likeness (QED) is 0.205. The number of nitro groups is 1. The summed E-state index contributed by atoms with van der Waals surface area (Å²) in [7, 11) is 0. The van der Waals surface area contributed by atoms with Crippen molar-refractivity contribution in [1.29, 1.82) is 0 Å². The summed E-state index contributed by atoms with van der Waals surface area (Å²) in [6.45, 7) is 2.55. The zero-order chi connectivity index (χ0) is 23.8. The van der Waals surface area contributed by atoms with Crippen LogP contribution in [-0.4, -0.2) is 26.7 Å². The summed E-state index contributed by atoms with van der Waals surface area (Å²) in [5, 5.41) is 25.9. The van der Waals surface area contributed by atoms with Gasteiger partial charge in [-0.3, -0.25) is 19.7 Å². The second-order valence-electron chi connectivity index (χ2n) is 7.63. The third-order valence-corrected chi connectivity index (χ3v) is 5.36. The van der Waals surface area contributed by atoms with Crippen molar-refractivity contribution in [2.24, 2.45) is 5.10 Å². The number of hydrogen-bond acceptors (Lipinski definition) is 6. The van der Waals surface area contributed by atoms with Gasteiger partial charge < -0.3 is 9.67 Å². The van der Waals surface area contributed by atoms with Crippen molar-refractivity contribution >= 4 is 28.7 Å². The lowest BCUT2D eigenvalue weighted by Crippen LogP contribution is -2.31. The highest BCUT2D eigenvalue weighted by Gasteiger charge is 2.22. The Balaban J connectivity index is 1.90. The number of fused-ring (bicyclic) bond motifs is 1. The highest BCUT2D eigenvalue weighted by molar-refractivity contribution is 6.02. The van der Waals surface area contributed by atoms with E-state index in [4.69, 9.17) is 0 Å². The Morgan fingerprint density at radius 2 is 1.82 bits per heavy atom. The summed E-state index contributed by atoms with van der Waals surface area (Å²) in [6.07, 6.45) is 6.15. The number of pyridine rings is 1. The maximum Gasteiger partial charge on any atom is 0.280 e. The largest absolute Gasteiger partial charge is 0.506 e. The van der Waals surface area contributed by atoms with Gasteiger partial charge >= 0.3 is 0 Å². The number of aromatic hydroxyl groups is 1. The Labute approximate surface area is 190 Å². The first-order valence-corrected chi connectivity index (χ1v) is 10.9. The normalized spacial score (nSPS) is 11.2. The zero-order valence-corrected chi connectivity index (χ0v) is 18.4. The van der Waals surface area contributed by atoms with Gasteiger partial charge in [-0.05, 0) is 24.6 Å². The molecule has 2 aromatic carbocycles. The number of hydrogen-bond donors (Lipinski definition) is 2. The first-order chi connectivity index (χ1) is 16.0. The molecule has 1 amide bonds. The summed E-state index contributed by atoms with van der Waals surface area (Å²) in [4.78, 5) is 36.5. The fourth-order valence-corrected chi connectivity index (χ4v) is 3.67. The van der Waals surface area contributed by atoms with Gasteiger partial charge in [0.05, 0.1) is 22.2 Å². The van der Waals surface area contributed by atoms with Crippen molar-refractivity contribution in [3.8, 4) is 5.75 Å². The predicted octanol–water partition coefficient (Wildman–Crippen LogP) is 4.35. The summed E-state index contributed by atoms with van der Waals surface area (Å²) < 4.78 is 1.50. The Hall–Kier alpha value is -4.01. The topological polar surface area (TPSA) is 127 Å². The number of para-hydroxylation sites is 2. The summed E-state index contributed by atoms with van der Waals surface area (Å²) >= 11 is 0. The van der Waals surface area contributed by atoms with E-state index in [0.717, 1.165) is 38.3 Å². The van der Waals surface area contributed by atoms with Crippen LogP contribution in [0.1, 0.15) is 54.9 Å². The molecule has 0 aliphatic heterocycles. The number of rotatable bonds is 10. The SMILES string of the molecule is CCCCCCCn1c(=O)c(C(=O)NN=Cc2ccccc2[N+](=O)[O-])c(O)c2ccccc21. The van der Waals surface area contributed by atoms with Gasteiger partial charge in [-0.15, -0.1) is 0 Å². The van der Waals surface area contributed by atoms with Gasteiger partial charge in [0.2, 0.25) is 0 Å². The second-order valence-corrected chi connectivity index (χ2v) is 7.63. The number of carbonyl (C=O) groups excluding carboxylic acids is 1. The highest BCUT2D eigenvalue weighted by atomic mass is 16.6. The number of carbonyl (C=O) groups is 1. The minimum absolute atomic E-state index is 0.172. The van der Waals surface area contributed by atoms with Gasteiger partial charge in [0.25, 0.3) is 17.2 Å². The zero-order valence-electron chi connectivity index (χ0n) is 18.4. The molecule has 0 fully saturated rings. The Bertz CT molecular complexity index is 1250. The monoisotopic (exact) mass is 450 g/mol. The lowest BCUT2D eigenvalue weighted by molar-refractivity contribution is -0.385. The van der Waals surface area contributed by atoms with Crippen LogP contribution in [0, 0.1) is 10.1 Å². The second kappa shape index (κ2) is 11.0. The van der Waals surface area contributed by atoms with Gasteiger partial charge in [0.15, 0.2) is 0 Å². The molecular formula is C24H26N4O5. The number of nitrogens with one attached hydrogen (secondary N) is 1. The van der Waals surface area contributed by atoms with Crippen LogP contribution in [0.3, 0.4) is 0 Å². The molecule has 1 heterocycles. The molecule has 0 spiro atoms. The standard InChI is InChI=1S/C24H26N4O5/c1-2-3-4-5-10-15-27-20-14-9-7-12-18(20)22(29)21(24(27)31)23(30)26-25-16-17-11-6-8-13-19(17)28(32)33/h6-9,11-14,16,29H,2-5,10,15H2,1H3,(H,26,30). The molecule has 0 bridgehead atoms. The molecule has 0 atom stereocenters. The lowest BCUT2D eigenvalue weighted by Gasteiger charge is -2.14. The van der Waals surface area contributed by atoms with Crippen molar-refractivity contribution in [2.75, 3.05) is 0 Å². The first kappa shape index (κ1) is 23.6. The fraction of sp³-hybridized carbons (Fsp3) is 0.292. The molecule has 2 N–H and O–H groups in total. The Kier molecular flexibility index (Phi) is 7.91. The summed E-state index contributed by atoms with van der Waals surface area (Å²) in [5.74, 6) is -1.31. The van der Waals surface area contributed by atoms with Crippen LogP contribution in [0.4, 0.5) is 5.69 Å². The molecule has 33 heavy (non-hydrogen) atoms. The minimum Gasteiger partial charge on any atom is -0.506 e. The van der Waals surface area contributed by atoms with E-state index in [0.29, 0.717) is 17.4 Å². The minimum atomic E-state index is -0.891. The molecule has 0 aliphatic rings. The van der Waals surface area contributed by atoms with E-state index in [1.54, 1.807) is 30.3 Å². The Morgan fingerprint density at radius 1 is 1.12 bits per heavy atom. The molecular weight excluding hydrogens is 424 g/mol. The third-order valence-electron chi connectivity index (χ3n) is 5.36. The van der Waals surface area contributed by atoms with E-state index >= 15 is 0 Å². The van der Waals surface area contributed by atoms with Crippen molar-refractivity contribution in [1.82, 2.24) is 9.99 Å². The molecule has 9 heteroatoms. The molecule has 1 aromatic heterocycles. The number of nitro benzene ring substituents is 1. The summed E-state index contributed by atoms with van der Waals surface area (Å²) in [5.41, 5.74) is 1.75. The van der Waals surface area contributed by atoms with E-state index in [1.165, 1.54) is 22.8 Å². The number of aromatic nitrogens is 1. The molecule has 3 rings (SSSR count). The van der Waals surface area contributed by atoms with Crippen LogP contribution in [0.2, 0.25) is 0 Å². The van der Waals surface area contributed by atoms with E-state index in [9.17, 15) is 24.8 Å². The van der Waals surface area contributed by atoms with Crippen molar-refractivity contribution in [2.45, 2.75) is 45.6 Å². The number of benzene rings is 2. The molecule has 9 nitrogen and oxygen atoms in total. The van der Waals surface area contributed by atoms with Crippen molar-refractivity contribution < 1.29 is 14.8 Å². The van der Waals surface area contributed by atoms with Crippen LogP contribution in [0.15, 0.2) is 58.4 Å². The van der Waals surface area contributed by atoms with Gasteiger partial charge in [0, 0.05) is 18.0 Å². The molecule has 0 saturated carbocycles. The molecule has 0 unspecified atom stereocenters. The van der Waals surface area contributed by atoms with Crippen LogP contribution in [0.25, 0.3) is 10.9 Å².